The van der Waals surface area contributed by atoms with Gasteiger partial charge in [0.25, 0.3) is 0 Å². The summed E-state index contributed by atoms with van der Waals surface area (Å²) in [6, 6.07) is 0. The van der Waals surface area contributed by atoms with Crippen molar-refractivity contribution in [2.45, 2.75) is 18.0 Å². The predicted molar refractivity (Wildman–Crippen MR) is 23.6 cm³/mol. The largest absolute Gasteiger partial charge is 0.477 e. The van der Waals surface area contributed by atoms with Gasteiger partial charge in [0.1, 0.15) is 0 Å². The van der Waals surface area contributed by atoms with Gasteiger partial charge < -0.3 is 5.11 Å². The van der Waals surface area contributed by atoms with Gasteiger partial charge in [0.2, 0.25) is 0 Å². The Kier molecular flexibility index (Phi) is 4.70. The number of halogens is 7. The van der Waals surface area contributed by atoms with E-state index in [0.717, 1.165) is 0 Å². The van der Waals surface area contributed by atoms with Gasteiger partial charge in [-0.15, -0.1) is 0 Å². The Morgan fingerprint density at radius 3 is 1.29 bits per heavy atom. The molecule has 0 aromatic heterocycles. The van der Waals surface area contributed by atoms with Crippen LogP contribution in [0.15, 0.2) is 0 Å². The maximum Gasteiger partial charge on any atom is 0.460 e. The number of hydrogen-bond donors (Lipinski definition) is 1. The summed E-state index contributed by atoms with van der Waals surface area (Å²) in [6.07, 6.45) is -6.60. The Morgan fingerprint density at radius 2 is 1.21 bits per heavy atom. The third-order valence-corrected chi connectivity index (χ3v) is 1.02. The minimum absolute atomic E-state index is 0. The summed E-state index contributed by atoms with van der Waals surface area (Å²) < 4.78 is 80.5. The molecule has 0 heterocycles. The minimum atomic E-state index is -6.60. The van der Waals surface area contributed by atoms with Gasteiger partial charge in [0.05, 0.1) is 0 Å². The molecular weight excluding hydrogens is 321 g/mol. The van der Waals surface area contributed by atoms with Crippen molar-refractivity contribution in [1.82, 2.24) is 0 Å². The van der Waals surface area contributed by atoms with Crippen molar-refractivity contribution in [3.8, 4) is 0 Å². The van der Waals surface area contributed by atoms with Crippen molar-refractivity contribution < 1.29 is 63.0 Å². The Morgan fingerprint density at radius 1 is 0.929 bits per heavy atom. The number of alkyl halides is 7. The van der Waals surface area contributed by atoms with Crippen LogP contribution in [0.3, 0.4) is 0 Å². The molecule has 1 radical (unpaired) electrons. The van der Waals surface area contributed by atoms with E-state index in [1.807, 2.05) is 0 Å². The molecule has 0 unspecified atom stereocenters. The van der Waals surface area contributed by atoms with Crippen LogP contribution in [0, 0.1) is 0 Å². The normalized spacial score (nSPS) is 13.4. The summed E-state index contributed by atoms with van der Waals surface area (Å²) in [6.45, 7) is 0. The molecule has 1 N–H and O–H groups in total. The van der Waals surface area contributed by atoms with E-state index in [2.05, 4.69) is 0 Å². The molecule has 0 fully saturated rings. The zero-order chi connectivity index (χ0) is 11.1. The van der Waals surface area contributed by atoms with Crippen LogP contribution in [0.4, 0.5) is 30.7 Å². The summed E-state index contributed by atoms with van der Waals surface area (Å²) in [4.78, 5) is 9.38. The number of carboxylic acid groups (broad SMARTS) is 1. The molecule has 14 heavy (non-hydrogen) atoms. The Labute approximate surface area is 87.6 Å². The molecule has 0 saturated heterocycles. The molecule has 0 spiro atoms. The standard InChI is InChI=1S/C4HF7O2.Ag/c5-2(6,1(12)13)3(7,8)4(9,10)11;/h(H,12,13);. The molecule has 0 aromatic rings. The van der Waals surface area contributed by atoms with Crippen LogP contribution in [0.2, 0.25) is 0 Å². The summed E-state index contributed by atoms with van der Waals surface area (Å²) in [5.74, 6) is -16.3. The second-order valence-corrected chi connectivity index (χ2v) is 1.95. The minimum Gasteiger partial charge on any atom is -0.477 e. The van der Waals surface area contributed by atoms with Gasteiger partial charge in [-0.2, -0.15) is 30.7 Å². The molecule has 0 saturated carbocycles. The van der Waals surface area contributed by atoms with E-state index < -0.39 is 24.0 Å². The number of aliphatic carboxylic acids is 1. The molecular formula is C4HAgF7O2. The van der Waals surface area contributed by atoms with Gasteiger partial charge >= 0.3 is 24.0 Å². The van der Waals surface area contributed by atoms with E-state index >= 15 is 0 Å². The summed E-state index contributed by atoms with van der Waals surface area (Å²) >= 11 is 0. The number of carbonyl (C=O) groups is 1. The van der Waals surface area contributed by atoms with Crippen molar-refractivity contribution in [2.24, 2.45) is 0 Å². The van der Waals surface area contributed by atoms with Crippen LogP contribution in [0.5, 0.6) is 0 Å². The van der Waals surface area contributed by atoms with Gasteiger partial charge in [0, 0.05) is 22.4 Å². The first-order valence-corrected chi connectivity index (χ1v) is 2.50. The summed E-state index contributed by atoms with van der Waals surface area (Å²) in [5, 5.41) is 7.41. The maximum atomic E-state index is 11.8. The molecule has 10 heteroatoms. The van der Waals surface area contributed by atoms with Crippen LogP contribution in [0.1, 0.15) is 0 Å². The van der Waals surface area contributed by atoms with E-state index in [4.69, 9.17) is 5.11 Å². The van der Waals surface area contributed by atoms with Crippen LogP contribution >= 0.6 is 0 Å². The van der Waals surface area contributed by atoms with E-state index in [1.165, 1.54) is 0 Å². The first-order chi connectivity index (χ1) is 5.44. The zero-order valence-electron chi connectivity index (χ0n) is 5.80. The fourth-order valence-electron chi connectivity index (χ4n) is 0.312. The van der Waals surface area contributed by atoms with Gasteiger partial charge in [-0.05, 0) is 0 Å². The smallest absolute Gasteiger partial charge is 0.460 e. The number of rotatable bonds is 2. The number of carboxylic acids is 1. The van der Waals surface area contributed by atoms with Crippen LogP contribution in [0.25, 0.3) is 0 Å². The van der Waals surface area contributed by atoms with Crippen LogP contribution in [-0.4, -0.2) is 29.1 Å². The molecule has 0 aliphatic heterocycles. The Hall–Kier alpha value is -0.280. The second kappa shape index (κ2) is 4.07. The van der Waals surface area contributed by atoms with Crippen molar-refractivity contribution in [2.75, 3.05) is 0 Å². The average molecular weight is 322 g/mol. The molecule has 0 rings (SSSR count). The molecule has 0 aromatic carbocycles. The average Bonchev–Trinajstić information content (AvgIpc) is 1.84. The topological polar surface area (TPSA) is 37.3 Å². The van der Waals surface area contributed by atoms with Gasteiger partial charge in [0.15, 0.2) is 0 Å². The van der Waals surface area contributed by atoms with E-state index in [-0.39, 0.29) is 22.4 Å². The first kappa shape index (κ1) is 16.2. The van der Waals surface area contributed by atoms with Crippen molar-refractivity contribution in [3.63, 3.8) is 0 Å². The van der Waals surface area contributed by atoms with E-state index in [9.17, 15) is 35.5 Å². The molecule has 0 amide bonds. The maximum absolute atomic E-state index is 11.8. The molecule has 2 nitrogen and oxygen atoms in total. The first-order valence-electron chi connectivity index (χ1n) is 2.50. The predicted octanol–water partition coefficient (Wildman–Crippen LogP) is 1.90. The molecule has 0 aliphatic carbocycles. The summed E-state index contributed by atoms with van der Waals surface area (Å²) in [7, 11) is 0. The van der Waals surface area contributed by atoms with Gasteiger partial charge in [-0.1, -0.05) is 0 Å². The zero-order valence-corrected chi connectivity index (χ0v) is 7.28. The molecule has 0 aliphatic rings. The monoisotopic (exact) mass is 321 g/mol. The van der Waals surface area contributed by atoms with Crippen LogP contribution in [-0.2, 0) is 27.2 Å². The van der Waals surface area contributed by atoms with E-state index in [0.29, 0.717) is 0 Å². The van der Waals surface area contributed by atoms with Gasteiger partial charge in [-0.3, -0.25) is 0 Å². The van der Waals surface area contributed by atoms with Crippen molar-refractivity contribution >= 4 is 5.97 Å². The van der Waals surface area contributed by atoms with Crippen LogP contribution < -0.4 is 0 Å². The SMILES string of the molecule is O=C(O)C(F)(F)C(F)(F)C(F)(F)F.[Ag]. The third-order valence-electron chi connectivity index (χ3n) is 1.02. The third kappa shape index (κ3) is 2.39. The fourth-order valence-corrected chi connectivity index (χ4v) is 0.312. The summed E-state index contributed by atoms with van der Waals surface area (Å²) in [5.41, 5.74) is 0. The Bertz CT molecular complexity index is 222. The second-order valence-electron chi connectivity index (χ2n) is 1.95. The molecule has 0 bridgehead atoms. The molecule has 0 atom stereocenters. The van der Waals surface area contributed by atoms with E-state index in [1.54, 1.807) is 0 Å². The molecule has 89 valence electrons. The van der Waals surface area contributed by atoms with Gasteiger partial charge in [-0.25, -0.2) is 4.79 Å². The quantitative estimate of drug-likeness (QED) is 0.623. The van der Waals surface area contributed by atoms with Crippen molar-refractivity contribution in [3.05, 3.63) is 0 Å². The fraction of sp³-hybridized carbons (Fsp3) is 0.750. The number of hydrogen-bond acceptors (Lipinski definition) is 1. The Balaban J connectivity index is 0. The van der Waals surface area contributed by atoms with Crippen molar-refractivity contribution in [1.29, 1.82) is 0 Å².